The maximum absolute atomic E-state index is 14.6. The number of hydrogen-bond acceptors (Lipinski definition) is 15. The largest absolute Gasteiger partial charge is 0.370 e. The molecule has 20 N–H and O–H groups in total. The Morgan fingerprint density at radius 2 is 0.988 bits per heavy atom. The number of amides is 9. The quantitative estimate of drug-likeness (QED) is 0.0148. The number of hydrogen-bond donors (Lipinski definition) is 15. The third kappa shape index (κ3) is 27.0. The van der Waals surface area contributed by atoms with Gasteiger partial charge in [0.05, 0.1) is 24.7 Å². The summed E-state index contributed by atoms with van der Waals surface area (Å²) in [5.74, 6) is -7.56. The fourth-order valence-electron chi connectivity index (χ4n) is 8.53. The molecule has 2 aromatic rings. The van der Waals surface area contributed by atoms with Crippen molar-refractivity contribution in [2.75, 3.05) is 13.1 Å². The molecule has 0 spiro atoms. The number of aromatic amines is 2. The minimum atomic E-state index is -1.40. The second kappa shape index (κ2) is 36.7. The van der Waals surface area contributed by atoms with Gasteiger partial charge in [0.1, 0.15) is 48.6 Å². The summed E-state index contributed by atoms with van der Waals surface area (Å²) in [5.41, 5.74) is 29.4. The van der Waals surface area contributed by atoms with E-state index in [0.717, 1.165) is 0 Å². The van der Waals surface area contributed by atoms with Gasteiger partial charge in [-0.15, -0.1) is 0 Å². The number of rotatable bonds is 40. The first-order chi connectivity index (χ1) is 38.3. The Morgan fingerprint density at radius 3 is 1.44 bits per heavy atom. The average molecular weight is 1140 g/mol. The van der Waals surface area contributed by atoms with E-state index in [0.29, 0.717) is 43.5 Å². The van der Waals surface area contributed by atoms with Crippen LogP contribution in [-0.4, -0.2) is 153 Å². The Bertz CT molecular complexity index is 2330. The van der Waals surface area contributed by atoms with E-state index in [1.165, 1.54) is 25.0 Å². The van der Waals surface area contributed by atoms with E-state index in [9.17, 15) is 47.9 Å². The normalized spacial score (nSPS) is 15.0. The molecule has 0 saturated carbocycles. The van der Waals surface area contributed by atoms with Crippen LogP contribution in [0.1, 0.15) is 137 Å². The fraction of sp³-hybridized carbons (Fsp3) is 0.679. The minimum absolute atomic E-state index is 0.0517. The van der Waals surface area contributed by atoms with Gasteiger partial charge in [-0.05, 0) is 88.0 Å². The van der Waals surface area contributed by atoms with Crippen LogP contribution in [-0.2, 0) is 60.8 Å². The second-order valence-electron chi connectivity index (χ2n) is 21.8. The number of nitrogens with one attached hydrogen (secondary N) is 10. The van der Waals surface area contributed by atoms with Gasteiger partial charge in [0, 0.05) is 49.6 Å². The molecule has 0 aromatic carbocycles. The van der Waals surface area contributed by atoms with Gasteiger partial charge in [-0.1, -0.05) is 61.8 Å². The number of H-pyrrole nitrogens is 2. The van der Waals surface area contributed by atoms with Gasteiger partial charge in [0.25, 0.3) is 0 Å². The molecule has 0 unspecified atom stereocenters. The molecule has 0 aliphatic heterocycles. The third-order valence-electron chi connectivity index (χ3n) is 13.1. The average Bonchev–Trinajstić information content (AvgIpc) is 4.15. The lowest BCUT2D eigenvalue weighted by Gasteiger charge is -2.30. The molecule has 2 rings (SSSR count). The Balaban J connectivity index is 2.49. The van der Waals surface area contributed by atoms with Crippen molar-refractivity contribution in [3.63, 3.8) is 0 Å². The number of unbranched alkanes of at least 4 members (excludes halogenated alkanes) is 1. The monoisotopic (exact) mass is 1140 g/mol. The van der Waals surface area contributed by atoms with Crippen LogP contribution >= 0.6 is 0 Å². The van der Waals surface area contributed by atoms with Crippen LogP contribution in [0, 0.1) is 23.7 Å². The van der Waals surface area contributed by atoms with E-state index >= 15 is 0 Å². The predicted octanol–water partition coefficient (Wildman–Crippen LogP) is -2.04. The number of guanidine groups is 1. The van der Waals surface area contributed by atoms with Crippen molar-refractivity contribution in [1.82, 2.24) is 62.5 Å². The molecule has 9 amide bonds. The van der Waals surface area contributed by atoms with Crippen molar-refractivity contribution >= 4 is 65.4 Å². The molecule has 0 aliphatic carbocycles. The van der Waals surface area contributed by atoms with Crippen LogP contribution in [0.2, 0.25) is 0 Å². The summed E-state index contributed by atoms with van der Waals surface area (Å²) < 4.78 is 0. The molecule has 454 valence electrons. The highest BCUT2D eigenvalue weighted by Crippen LogP contribution is 2.15. The molecule has 10 atom stereocenters. The molecule has 0 radical (unpaired) electrons. The van der Waals surface area contributed by atoms with Crippen LogP contribution in [0.4, 0.5) is 0 Å². The molecule has 0 bridgehead atoms. The highest BCUT2D eigenvalue weighted by Gasteiger charge is 2.36. The van der Waals surface area contributed by atoms with Crippen molar-refractivity contribution in [2.45, 2.75) is 193 Å². The molecule has 0 saturated heterocycles. The van der Waals surface area contributed by atoms with Crippen molar-refractivity contribution < 1.29 is 47.9 Å². The van der Waals surface area contributed by atoms with Crippen LogP contribution in [0.5, 0.6) is 0 Å². The second-order valence-corrected chi connectivity index (χ2v) is 21.8. The first kappa shape index (κ1) is 69.6. The molecule has 0 aliphatic rings. The summed E-state index contributed by atoms with van der Waals surface area (Å²) in [6.07, 6.45) is 8.10. The Labute approximate surface area is 474 Å². The van der Waals surface area contributed by atoms with Gasteiger partial charge in [0.15, 0.2) is 5.96 Å². The third-order valence-corrected chi connectivity index (χ3v) is 13.1. The topological polar surface area (TPSA) is 467 Å². The number of primary amides is 1. The number of carbonyl (C=O) groups is 10. The predicted molar refractivity (Wildman–Crippen MR) is 303 cm³/mol. The van der Waals surface area contributed by atoms with Crippen LogP contribution in [0.3, 0.4) is 0 Å². The Morgan fingerprint density at radius 1 is 0.556 bits per heavy atom. The number of aldehydes is 1. The van der Waals surface area contributed by atoms with Crippen molar-refractivity contribution in [1.29, 1.82) is 0 Å². The maximum atomic E-state index is 14.6. The van der Waals surface area contributed by atoms with Gasteiger partial charge in [-0.3, -0.25) is 48.1 Å². The highest BCUT2D eigenvalue weighted by molar-refractivity contribution is 5.98. The van der Waals surface area contributed by atoms with Gasteiger partial charge in [0.2, 0.25) is 53.2 Å². The number of nitrogens with two attached hydrogens (primary N) is 5. The van der Waals surface area contributed by atoms with E-state index in [-0.39, 0.29) is 94.5 Å². The summed E-state index contributed by atoms with van der Waals surface area (Å²) in [6.45, 7) is 14.9. The van der Waals surface area contributed by atoms with Crippen LogP contribution in [0.25, 0.3) is 0 Å². The lowest BCUT2D eigenvalue weighted by molar-refractivity contribution is -0.136. The van der Waals surface area contributed by atoms with E-state index in [1.807, 2.05) is 48.5 Å². The first-order valence-corrected chi connectivity index (χ1v) is 27.9. The lowest BCUT2D eigenvalue weighted by Crippen LogP contribution is -2.61. The Kier molecular flexibility index (Phi) is 31.5. The molecular weight excluding hydrogens is 1050 g/mol. The molecule has 28 nitrogen and oxygen atoms in total. The Hall–Kier alpha value is -7.49. The van der Waals surface area contributed by atoms with E-state index < -0.39 is 113 Å². The summed E-state index contributed by atoms with van der Waals surface area (Å²) >= 11 is 0. The summed E-state index contributed by atoms with van der Waals surface area (Å²) in [7, 11) is 0. The van der Waals surface area contributed by atoms with Gasteiger partial charge < -0.3 is 86.0 Å². The van der Waals surface area contributed by atoms with Gasteiger partial charge in [-0.25, -0.2) is 9.97 Å². The summed E-state index contributed by atoms with van der Waals surface area (Å²) in [4.78, 5) is 154. The lowest BCUT2D eigenvalue weighted by atomic mass is 9.96. The number of imidazole rings is 2. The molecule has 0 fully saturated rings. The van der Waals surface area contributed by atoms with Crippen molar-refractivity contribution in [2.24, 2.45) is 57.3 Å². The molecule has 2 aromatic heterocycles. The zero-order chi connectivity index (χ0) is 60.8. The van der Waals surface area contributed by atoms with E-state index in [2.05, 4.69) is 67.5 Å². The zero-order valence-electron chi connectivity index (χ0n) is 48.3. The SMILES string of the molecule is CC[C@H](C)[C@H](NC(=O)[C@H](CCCCN)NC(=O)[C@@H](N)Cc1cnc[nH]1)C(=O)N[C@@H](CC(C)C)C(=O)N[C@@H](Cc1cnc[nH]1)C(=O)N[C@@H](CCCN=C(N)N)C(=O)N[C@@H](CC(C)C)C(=O)N[C@@H](CC(C)C)C(=O)N[C@H](C=O)CCC(N)=O. The minimum Gasteiger partial charge on any atom is -0.370 e. The zero-order valence-corrected chi connectivity index (χ0v) is 48.3. The summed E-state index contributed by atoms with van der Waals surface area (Å²) in [6, 6.07) is -10.8. The maximum Gasteiger partial charge on any atom is 0.243 e. The number of nitrogens with zero attached hydrogens (tertiary/aromatic N) is 3. The number of aromatic nitrogens is 4. The van der Waals surface area contributed by atoms with Crippen LogP contribution < -0.4 is 71.2 Å². The summed E-state index contributed by atoms with van der Waals surface area (Å²) in [5, 5.41) is 21.9. The van der Waals surface area contributed by atoms with Crippen molar-refractivity contribution in [3.05, 3.63) is 36.4 Å². The smallest absolute Gasteiger partial charge is 0.243 e. The van der Waals surface area contributed by atoms with Crippen molar-refractivity contribution in [3.8, 4) is 0 Å². The standard InChI is InChI=1S/C53H92N18O10/c1-9-32(8)44(71-47(76)37(13-10-11-17-54)65-45(74)36(55)22-34-24-59-27-62-34)52(81)70-41(21-31(6)7)50(79)69-42(23-35-25-60-28-63-35)51(80)66-38(14-12-18-61-53(57)58)46(75)67-40(20-30(4)5)49(78)68-39(19-29(2)3)48(77)64-33(26-72)15-16-43(56)73/h24-33,36-42,44H,9-23,54-55H2,1-8H3,(H2,56,73)(H,59,62)(H,60,63)(H,64,77)(H,65,74)(H,66,80)(H,67,75)(H,68,78)(H,69,79)(H,70,81)(H,71,76)(H4,57,58,61)/t32-,33-,36-,37-,38-,39-,40-,41-,42-,44-/m0/s1. The number of carbonyl (C=O) groups excluding carboxylic acids is 10. The molecule has 81 heavy (non-hydrogen) atoms. The molecule has 2 heterocycles. The molecule has 28 heteroatoms. The number of aliphatic imine (C=N–C) groups is 1. The highest BCUT2D eigenvalue weighted by atomic mass is 16.2. The van der Waals surface area contributed by atoms with E-state index in [1.54, 1.807) is 6.92 Å². The van der Waals surface area contributed by atoms with Gasteiger partial charge >= 0.3 is 0 Å². The van der Waals surface area contributed by atoms with E-state index in [4.69, 9.17) is 28.7 Å². The van der Waals surface area contributed by atoms with Gasteiger partial charge in [-0.2, -0.15) is 0 Å². The first-order valence-electron chi connectivity index (χ1n) is 27.9. The molecular formula is C53H92N18O10. The fourth-order valence-corrected chi connectivity index (χ4v) is 8.53. The van der Waals surface area contributed by atoms with Crippen LogP contribution in [0.15, 0.2) is 30.0 Å².